The number of hydrogen-bond acceptors (Lipinski definition) is 7. The zero-order chi connectivity index (χ0) is 32.1. The Morgan fingerprint density at radius 2 is 1.52 bits per heavy atom. The molecule has 9 nitrogen and oxygen atoms in total. The molecule has 2 unspecified atom stereocenters. The number of amides is 1. The molecule has 2 atom stereocenters. The second-order valence-electron chi connectivity index (χ2n) is 12.2. The summed E-state index contributed by atoms with van der Waals surface area (Å²) in [6.45, 7) is 13.2. The van der Waals surface area contributed by atoms with Gasteiger partial charge in [0, 0.05) is 37.3 Å². The molecule has 0 radical (unpaired) electrons. The van der Waals surface area contributed by atoms with E-state index in [1.54, 1.807) is 36.2 Å². The van der Waals surface area contributed by atoms with Crippen molar-refractivity contribution in [3.8, 4) is 11.9 Å². The first kappa shape index (κ1) is 34.8. The zero-order valence-electron chi connectivity index (χ0n) is 27.5. The van der Waals surface area contributed by atoms with Crippen LogP contribution in [0.15, 0.2) is 39.3 Å². The smallest absolute Gasteiger partial charge is 0.290 e. The highest BCUT2D eigenvalue weighted by atomic mass is 16.3. The van der Waals surface area contributed by atoms with Crippen molar-refractivity contribution < 1.29 is 9.90 Å². The lowest BCUT2D eigenvalue weighted by Crippen LogP contribution is -2.46. The number of aromatic nitrogens is 1. The standard InChI is InChI=1S/C35H52N6O3/c1-6-10-15-27(8-3)24-39(25-28(9-4)16-11-7-2)33(42)29-17-19-30(20-18-29)37-38-32-26(5)31(23-36)34(43)41(35(32)44)40-21-13-12-14-22-40/h17-20,27-28,44H,6-16,21-22,24-25H2,1-5H3/b38-37+. The minimum atomic E-state index is -0.546. The number of unbranched alkanes of at least 4 members (excludes halogenated alkanes) is 2. The number of carbonyl (C=O) groups is 1. The highest BCUT2D eigenvalue weighted by Crippen LogP contribution is 2.33. The first-order valence-electron chi connectivity index (χ1n) is 16.7. The monoisotopic (exact) mass is 604 g/mol. The lowest BCUT2D eigenvalue weighted by Gasteiger charge is -2.31. The lowest BCUT2D eigenvalue weighted by molar-refractivity contribution is 0.0685. The van der Waals surface area contributed by atoms with Gasteiger partial charge in [0.1, 0.15) is 11.6 Å². The molecule has 1 aliphatic heterocycles. The number of nitriles is 1. The maximum Gasteiger partial charge on any atom is 0.290 e. The van der Waals surface area contributed by atoms with Gasteiger partial charge in [0.2, 0.25) is 5.88 Å². The molecule has 0 bridgehead atoms. The van der Waals surface area contributed by atoms with Crippen LogP contribution in [0.3, 0.4) is 0 Å². The number of benzene rings is 1. The van der Waals surface area contributed by atoms with Gasteiger partial charge in [-0.3, -0.25) is 9.59 Å². The molecule has 0 spiro atoms. The normalized spacial score (nSPS) is 14.9. The highest BCUT2D eigenvalue weighted by molar-refractivity contribution is 5.94. The molecular formula is C35H52N6O3. The molecule has 0 aliphatic carbocycles. The third kappa shape index (κ3) is 8.93. The molecule has 1 saturated heterocycles. The van der Waals surface area contributed by atoms with Crippen molar-refractivity contribution in [2.45, 2.75) is 105 Å². The summed E-state index contributed by atoms with van der Waals surface area (Å²) in [5.74, 6) is 0.692. The van der Waals surface area contributed by atoms with E-state index >= 15 is 0 Å². The molecular weight excluding hydrogens is 552 g/mol. The van der Waals surface area contributed by atoms with Gasteiger partial charge in [0.05, 0.1) is 5.69 Å². The number of hydrogen-bond donors (Lipinski definition) is 1. The second-order valence-corrected chi connectivity index (χ2v) is 12.2. The van der Waals surface area contributed by atoms with Gasteiger partial charge in [-0.05, 0) is 75.1 Å². The quantitative estimate of drug-likeness (QED) is 0.194. The fourth-order valence-corrected chi connectivity index (χ4v) is 6.00. The fourth-order valence-electron chi connectivity index (χ4n) is 6.00. The van der Waals surface area contributed by atoms with Gasteiger partial charge in [-0.15, -0.1) is 5.11 Å². The lowest BCUT2D eigenvalue weighted by atomic mass is 9.95. The van der Waals surface area contributed by atoms with Crippen molar-refractivity contribution in [1.82, 2.24) is 9.58 Å². The Kier molecular flexibility index (Phi) is 13.9. The number of azo groups is 1. The number of piperidine rings is 1. The van der Waals surface area contributed by atoms with E-state index in [-0.39, 0.29) is 28.6 Å². The van der Waals surface area contributed by atoms with Crippen LogP contribution < -0.4 is 10.6 Å². The van der Waals surface area contributed by atoms with Crippen LogP contribution in [0.5, 0.6) is 5.88 Å². The first-order chi connectivity index (χ1) is 21.3. The van der Waals surface area contributed by atoms with E-state index in [2.05, 4.69) is 42.8 Å². The van der Waals surface area contributed by atoms with E-state index in [4.69, 9.17) is 0 Å². The molecule has 240 valence electrons. The van der Waals surface area contributed by atoms with E-state index < -0.39 is 5.56 Å². The second kappa shape index (κ2) is 17.6. The molecule has 1 aliphatic rings. The molecule has 2 heterocycles. The Labute approximate surface area is 263 Å². The molecule has 3 rings (SSSR count). The topological polar surface area (TPSA) is 114 Å². The minimum Gasteiger partial charge on any atom is -0.492 e. The molecule has 2 aromatic rings. The van der Waals surface area contributed by atoms with Crippen molar-refractivity contribution >= 4 is 17.3 Å². The van der Waals surface area contributed by atoms with E-state index in [0.29, 0.717) is 36.2 Å². The van der Waals surface area contributed by atoms with Gasteiger partial charge in [0.15, 0.2) is 5.69 Å². The minimum absolute atomic E-state index is 0.0409. The predicted molar refractivity (Wildman–Crippen MR) is 177 cm³/mol. The van der Waals surface area contributed by atoms with E-state index in [0.717, 1.165) is 70.9 Å². The Hall–Kier alpha value is -3.67. The molecule has 44 heavy (non-hydrogen) atoms. The van der Waals surface area contributed by atoms with Crippen LogP contribution in [0, 0.1) is 30.1 Å². The number of pyridine rings is 1. The zero-order valence-corrected chi connectivity index (χ0v) is 27.5. The van der Waals surface area contributed by atoms with Gasteiger partial charge < -0.3 is 15.0 Å². The number of nitrogens with zero attached hydrogens (tertiary/aromatic N) is 6. The van der Waals surface area contributed by atoms with Crippen molar-refractivity contribution in [3.05, 3.63) is 51.3 Å². The molecule has 1 aromatic carbocycles. The number of carbonyl (C=O) groups excluding carboxylic acids is 1. The molecule has 0 saturated carbocycles. The number of aromatic hydroxyl groups is 1. The van der Waals surface area contributed by atoms with Gasteiger partial charge in [0.25, 0.3) is 11.5 Å². The first-order valence-corrected chi connectivity index (χ1v) is 16.7. The van der Waals surface area contributed by atoms with Crippen molar-refractivity contribution in [3.63, 3.8) is 0 Å². The summed E-state index contributed by atoms with van der Waals surface area (Å²) in [4.78, 5) is 28.9. The van der Waals surface area contributed by atoms with Crippen molar-refractivity contribution in [2.75, 3.05) is 31.2 Å². The van der Waals surface area contributed by atoms with Gasteiger partial charge in [-0.25, -0.2) is 0 Å². The van der Waals surface area contributed by atoms with Crippen LogP contribution >= 0.6 is 0 Å². The summed E-state index contributed by atoms with van der Waals surface area (Å²) in [5.41, 5.74) is 0.895. The fraction of sp³-hybridized carbons (Fsp3) is 0.629. The summed E-state index contributed by atoms with van der Waals surface area (Å²) in [6.07, 6.45) is 11.9. The van der Waals surface area contributed by atoms with E-state index in [1.807, 2.05) is 6.07 Å². The molecule has 1 N–H and O–H groups in total. The van der Waals surface area contributed by atoms with Crippen molar-refractivity contribution in [1.29, 1.82) is 5.26 Å². The Balaban J connectivity index is 1.87. The molecule has 1 amide bonds. The molecule has 1 aromatic heterocycles. The summed E-state index contributed by atoms with van der Waals surface area (Å²) < 4.78 is 1.17. The molecule has 9 heteroatoms. The summed E-state index contributed by atoms with van der Waals surface area (Å²) in [7, 11) is 0. The highest BCUT2D eigenvalue weighted by Gasteiger charge is 2.25. The Morgan fingerprint density at radius 3 is 2.02 bits per heavy atom. The van der Waals surface area contributed by atoms with E-state index in [1.165, 1.54) is 17.5 Å². The summed E-state index contributed by atoms with van der Waals surface area (Å²) in [5, 5.41) is 31.2. The van der Waals surface area contributed by atoms with Crippen LogP contribution in [0.25, 0.3) is 0 Å². The van der Waals surface area contributed by atoms with Crippen LogP contribution in [0.4, 0.5) is 11.4 Å². The van der Waals surface area contributed by atoms with Gasteiger partial charge >= 0.3 is 0 Å². The van der Waals surface area contributed by atoms with Crippen LogP contribution in [-0.4, -0.2) is 46.8 Å². The average Bonchev–Trinajstić information content (AvgIpc) is 3.04. The largest absolute Gasteiger partial charge is 0.492 e. The van der Waals surface area contributed by atoms with Crippen LogP contribution in [-0.2, 0) is 0 Å². The maximum absolute atomic E-state index is 13.8. The third-order valence-electron chi connectivity index (χ3n) is 8.99. The van der Waals surface area contributed by atoms with Crippen LogP contribution in [0.1, 0.15) is 120 Å². The van der Waals surface area contributed by atoms with Gasteiger partial charge in [-0.1, -0.05) is 66.2 Å². The van der Waals surface area contributed by atoms with Crippen molar-refractivity contribution in [2.24, 2.45) is 22.1 Å². The molecule has 1 fully saturated rings. The Bertz CT molecular complexity index is 1320. The summed E-state index contributed by atoms with van der Waals surface area (Å²) in [6, 6.07) is 9.04. The van der Waals surface area contributed by atoms with Gasteiger partial charge in [-0.2, -0.15) is 15.1 Å². The SMILES string of the molecule is CCCCC(CC)CN(CC(CC)CCCC)C(=O)c1ccc(/N=N/c2c(C)c(C#N)c(=O)n(N3CCCCC3)c2O)cc1. The predicted octanol–water partition coefficient (Wildman–Crippen LogP) is 8.15. The average molecular weight is 605 g/mol. The maximum atomic E-state index is 13.8. The Morgan fingerprint density at radius 1 is 0.955 bits per heavy atom. The van der Waals surface area contributed by atoms with E-state index in [9.17, 15) is 20.0 Å². The van der Waals surface area contributed by atoms with Crippen LogP contribution in [0.2, 0.25) is 0 Å². The third-order valence-corrected chi connectivity index (χ3v) is 8.99. The number of rotatable bonds is 16. The summed E-state index contributed by atoms with van der Waals surface area (Å²) >= 11 is 0.